The summed E-state index contributed by atoms with van der Waals surface area (Å²) in [5.74, 6) is 0. The lowest BCUT2D eigenvalue weighted by Gasteiger charge is -2.53. The lowest BCUT2D eigenvalue weighted by atomic mass is 9.42. The van der Waals surface area contributed by atoms with Crippen LogP contribution in [0.2, 0.25) is 0 Å². The second-order valence-corrected chi connectivity index (χ2v) is 19.0. The van der Waals surface area contributed by atoms with Crippen LogP contribution < -0.4 is 41.4 Å². The standard InChI is InChI=1S/C46H33BN2Si/c1-28-26-32-31-16-12-25-42-44(31)49(37-21-8-11-24-41(37)50(42)39-22-9-4-14-29(39)30-15-5-10-23-40(30)50)47-35-19-13-18-34-45(35)48(38(27-28)43(32)47)36-20-7-6-17-33(36)46(34,2)3/h4-27H,1-3H3. The zero-order valence-electron chi connectivity index (χ0n) is 28.3. The molecule has 0 aliphatic carbocycles. The Bertz CT molecular complexity index is 2650. The SMILES string of the molecule is Cc1cc2c3c(c1)N1c4ccccc4C(C)(C)c4cccc(c41)B3N1c3ccccc3[Si]3(c4ccccc4-c4ccccc43)c3cccc-2c31. The molecule has 2 nitrogen and oxygen atoms in total. The van der Waals surface area contributed by atoms with E-state index in [9.17, 15) is 0 Å². The first-order chi connectivity index (χ1) is 24.5. The van der Waals surface area contributed by atoms with Gasteiger partial charge in [0, 0.05) is 33.7 Å². The molecule has 0 atom stereocenters. The van der Waals surface area contributed by atoms with Gasteiger partial charge < -0.3 is 9.71 Å². The maximum Gasteiger partial charge on any atom is 0.333 e. The lowest BCUT2D eigenvalue weighted by Crippen LogP contribution is -2.78. The van der Waals surface area contributed by atoms with E-state index in [0.717, 1.165) is 0 Å². The summed E-state index contributed by atoms with van der Waals surface area (Å²) in [6.07, 6.45) is 0. The Morgan fingerprint density at radius 1 is 0.500 bits per heavy atom. The third-order valence-corrected chi connectivity index (χ3v) is 17.6. The molecule has 1 spiro atoms. The van der Waals surface area contributed by atoms with E-state index in [2.05, 4.69) is 176 Å². The quantitative estimate of drug-likeness (QED) is 0.163. The average molecular weight is 653 g/mol. The molecule has 5 heterocycles. The van der Waals surface area contributed by atoms with Crippen LogP contribution >= 0.6 is 0 Å². The molecule has 12 rings (SSSR count). The van der Waals surface area contributed by atoms with Gasteiger partial charge in [-0.1, -0.05) is 141 Å². The number of aryl methyl sites for hydroxylation is 1. The normalized spacial score (nSPS) is 16.5. The van der Waals surface area contributed by atoms with Crippen molar-refractivity contribution >= 4 is 75.0 Å². The summed E-state index contributed by atoms with van der Waals surface area (Å²) in [5, 5.41) is 6.04. The molecule has 0 saturated carbocycles. The minimum Gasteiger partial charge on any atom is -0.376 e. The fourth-order valence-corrected chi connectivity index (χ4v) is 16.4. The van der Waals surface area contributed by atoms with Crippen LogP contribution in [0, 0.1) is 6.92 Å². The molecule has 0 amide bonds. The van der Waals surface area contributed by atoms with Gasteiger partial charge in [-0.2, -0.15) is 0 Å². The van der Waals surface area contributed by atoms with E-state index in [0.29, 0.717) is 0 Å². The monoisotopic (exact) mass is 652 g/mol. The number of rotatable bonds is 0. The largest absolute Gasteiger partial charge is 0.376 e. The van der Waals surface area contributed by atoms with E-state index in [1.807, 2.05) is 0 Å². The van der Waals surface area contributed by atoms with Gasteiger partial charge in [0.15, 0.2) is 8.07 Å². The molecule has 7 aromatic carbocycles. The van der Waals surface area contributed by atoms with Crippen LogP contribution in [0.1, 0.15) is 30.5 Å². The van der Waals surface area contributed by atoms with Crippen molar-refractivity contribution in [2.45, 2.75) is 26.2 Å². The van der Waals surface area contributed by atoms with Crippen LogP contribution in [0.3, 0.4) is 0 Å². The molecule has 0 bridgehead atoms. The fraction of sp³-hybridized carbons (Fsp3) is 0.0870. The lowest BCUT2D eigenvalue weighted by molar-refractivity contribution is 0.632. The molecule has 50 heavy (non-hydrogen) atoms. The first kappa shape index (κ1) is 27.3. The Kier molecular flexibility index (Phi) is 4.88. The van der Waals surface area contributed by atoms with Gasteiger partial charge >= 0.3 is 6.85 Å². The molecule has 5 aliphatic rings. The second-order valence-electron chi connectivity index (χ2n) is 15.3. The molecular formula is C46H33BN2Si. The van der Waals surface area contributed by atoms with Crippen LogP contribution in [0.4, 0.5) is 28.4 Å². The van der Waals surface area contributed by atoms with Gasteiger partial charge in [-0.25, -0.2) is 0 Å². The molecule has 5 aliphatic heterocycles. The number of hydrogen-bond acceptors (Lipinski definition) is 2. The van der Waals surface area contributed by atoms with Gasteiger partial charge in [-0.3, -0.25) is 0 Å². The third-order valence-electron chi connectivity index (χ3n) is 12.6. The van der Waals surface area contributed by atoms with Crippen molar-refractivity contribution in [1.82, 2.24) is 0 Å². The Labute approximate surface area is 294 Å². The Morgan fingerprint density at radius 3 is 1.88 bits per heavy atom. The number of para-hydroxylation sites is 4. The highest BCUT2D eigenvalue weighted by molar-refractivity contribution is 7.24. The molecular weight excluding hydrogens is 619 g/mol. The summed E-state index contributed by atoms with van der Waals surface area (Å²) < 4.78 is 0. The molecule has 234 valence electrons. The summed E-state index contributed by atoms with van der Waals surface area (Å²) >= 11 is 0. The van der Waals surface area contributed by atoms with Gasteiger partial charge in [0.25, 0.3) is 0 Å². The van der Waals surface area contributed by atoms with E-state index < -0.39 is 8.07 Å². The van der Waals surface area contributed by atoms with Gasteiger partial charge in [0.2, 0.25) is 0 Å². The van der Waals surface area contributed by atoms with Crippen LogP contribution in [-0.2, 0) is 5.41 Å². The van der Waals surface area contributed by atoms with E-state index >= 15 is 0 Å². The highest BCUT2D eigenvalue weighted by Gasteiger charge is 2.58. The topological polar surface area (TPSA) is 6.48 Å². The van der Waals surface area contributed by atoms with Gasteiger partial charge in [0.1, 0.15) is 0 Å². The minimum absolute atomic E-state index is 0.0425. The van der Waals surface area contributed by atoms with E-state index in [4.69, 9.17) is 0 Å². The number of hydrogen-bond donors (Lipinski definition) is 0. The number of benzene rings is 7. The zero-order chi connectivity index (χ0) is 33.1. The Morgan fingerprint density at radius 2 is 1.10 bits per heavy atom. The van der Waals surface area contributed by atoms with Crippen LogP contribution in [0.25, 0.3) is 22.3 Å². The van der Waals surface area contributed by atoms with Crippen molar-refractivity contribution < 1.29 is 0 Å². The predicted octanol–water partition coefficient (Wildman–Crippen LogP) is 7.01. The van der Waals surface area contributed by atoms with E-state index in [-0.39, 0.29) is 12.3 Å². The van der Waals surface area contributed by atoms with Crippen molar-refractivity contribution in [3.63, 3.8) is 0 Å². The van der Waals surface area contributed by atoms with Crippen molar-refractivity contribution in [2.24, 2.45) is 0 Å². The molecule has 0 fully saturated rings. The average Bonchev–Trinajstić information content (AvgIpc) is 3.44. The van der Waals surface area contributed by atoms with E-state index in [1.165, 1.54) is 99.1 Å². The van der Waals surface area contributed by atoms with E-state index in [1.54, 1.807) is 0 Å². The molecule has 0 saturated heterocycles. The maximum atomic E-state index is 2.77. The smallest absolute Gasteiger partial charge is 0.333 e. The van der Waals surface area contributed by atoms with Crippen LogP contribution in [-0.4, -0.2) is 14.9 Å². The zero-order valence-corrected chi connectivity index (χ0v) is 29.3. The highest BCUT2D eigenvalue weighted by Crippen LogP contribution is 2.55. The summed E-state index contributed by atoms with van der Waals surface area (Å²) in [7, 11) is -2.66. The Hall–Kier alpha value is -5.58. The summed E-state index contributed by atoms with van der Waals surface area (Å²) in [5.41, 5.74) is 19.0. The summed E-state index contributed by atoms with van der Waals surface area (Å²) in [6.45, 7) is 7.14. The van der Waals surface area contributed by atoms with Crippen molar-refractivity contribution in [1.29, 1.82) is 0 Å². The molecule has 4 heteroatoms. The highest BCUT2D eigenvalue weighted by atomic mass is 28.3. The van der Waals surface area contributed by atoms with Crippen LogP contribution in [0.15, 0.2) is 146 Å². The van der Waals surface area contributed by atoms with Gasteiger partial charge in [0.05, 0.1) is 5.69 Å². The number of anilines is 5. The van der Waals surface area contributed by atoms with Gasteiger partial charge in [-0.15, -0.1) is 0 Å². The third kappa shape index (κ3) is 2.90. The van der Waals surface area contributed by atoms with Crippen LogP contribution in [0.5, 0.6) is 0 Å². The fourth-order valence-electron chi connectivity index (χ4n) is 10.8. The molecule has 7 aromatic rings. The molecule has 0 radical (unpaired) electrons. The first-order valence-corrected chi connectivity index (χ1v) is 19.9. The van der Waals surface area contributed by atoms with Gasteiger partial charge in [-0.05, 0) is 90.2 Å². The minimum atomic E-state index is -2.66. The maximum absolute atomic E-state index is 2.77. The van der Waals surface area contributed by atoms with Crippen molar-refractivity contribution in [3.05, 3.63) is 162 Å². The molecule has 0 unspecified atom stereocenters. The first-order valence-electron chi connectivity index (χ1n) is 17.9. The Balaban J connectivity index is 1.26. The molecule has 0 aromatic heterocycles. The number of fused-ring (bicyclic) bond motifs is 15. The summed E-state index contributed by atoms with van der Waals surface area (Å²) in [4.78, 5) is 5.38. The summed E-state index contributed by atoms with van der Waals surface area (Å²) in [6, 6.07) is 56.4. The molecule has 0 N–H and O–H groups in total. The van der Waals surface area contributed by atoms with Crippen molar-refractivity contribution in [3.8, 4) is 22.3 Å². The number of nitrogens with zero attached hydrogens (tertiary/aromatic N) is 2. The predicted molar refractivity (Wildman–Crippen MR) is 213 cm³/mol. The second kappa shape index (κ2) is 8.95. The van der Waals surface area contributed by atoms with Crippen molar-refractivity contribution in [2.75, 3.05) is 9.71 Å².